The van der Waals surface area contributed by atoms with Crippen LogP contribution in [0.15, 0.2) is 28.7 Å². The van der Waals surface area contributed by atoms with Gasteiger partial charge in [0.25, 0.3) is 0 Å². The van der Waals surface area contributed by atoms with Gasteiger partial charge >= 0.3 is 5.97 Å². The molecule has 0 aliphatic heterocycles. The third kappa shape index (κ3) is 6.18. The number of carboxylic acids is 1. The van der Waals surface area contributed by atoms with Crippen molar-refractivity contribution < 1.29 is 19.4 Å². The van der Waals surface area contributed by atoms with E-state index >= 15 is 0 Å². The summed E-state index contributed by atoms with van der Waals surface area (Å²) in [6.45, 7) is 1.67. The number of benzene rings is 1. The number of carboxylic acid groups (broad SMARTS) is 1. The lowest BCUT2D eigenvalue weighted by atomic mass is 9.94. The summed E-state index contributed by atoms with van der Waals surface area (Å²) >= 11 is 3.36. The molecular weight excluding hydrogens is 312 g/mol. The molecule has 1 N–H and O–H groups in total. The van der Waals surface area contributed by atoms with Crippen LogP contribution in [0.2, 0.25) is 0 Å². The zero-order valence-corrected chi connectivity index (χ0v) is 12.6. The van der Waals surface area contributed by atoms with Crippen molar-refractivity contribution >= 4 is 21.9 Å². The van der Waals surface area contributed by atoms with E-state index in [1.807, 2.05) is 24.3 Å². The molecule has 0 fully saturated rings. The molecule has 0 bridgehead atoms. The monoisotopic (exact) mass is 330 g/mol. The molecule has 0 saturated carbocycles. The average molecular weight is 331 g/mol. The molecule has 0 aromatic heterocycles. The SMILES string of the molecule is COCCOCCCC(C(=O)O)c1cccc(Br)c1. The summed E-state index contributed by atoms with van der Waals surface area (Å²) in [6, 6.07) is 7.43. The molecule has 0 amide bonds. The first kappa shape index (κ1) is 16.1. The third-order valence-electron chi connectivity index (χ3n) is 2.76. The molecule has 1 aromatic carbocycles. The fourth-order valence-corrected chi connectivity index (χ4v) is 2.21. The van der Waals surface area contributed by atoms with Crippen LogP contribution >= 0.6 is 15.9 Å². The van der Waals surface area contributed by atoms with Crippen LogP contribution in [0.5, 0.6) is 0 Å². The van der Waals surface area contributed by atoms with Crippen molar-refractivity contribution in [3.63, 3.8) is 0 Å². The smallest absolute Gasteiger partial charge is 0.310 e. The lowest BCUT2D eigenvalue weighted by molar-refractivity contribution is -0.139. The van der Waals surface area contributed by atoms with Crippen LogP contribution in [0.4, 0.5) is 0 Å². The van der Waals surface area contributed by atoms with Crippen molar-refractivity contribution in [3.05, 3.63) is 34.3 Å². The van der Waals surface area contributed by atoms with Gasteiger partial charge in [0.2, 0.25) is 0 Å². The summed E-state index contributed by atoms with van der Waals surface area (Å²) in [5, 5.41) is 9.28. The molecule has 5 heteroatoms. The van der Waals surface area contributed by atoms with E-state index in [0.29, 0.717) is 32.7 Å². The van der Waals surface area contributed by atoms with E-state index in [1.165, 1.54) is 0 Å². The van der Waals surface area contributed by atoms with E-state index in [2.05, 4.69) is 15.9 Å². The Hall–Kier alpha value is -0.910. The van der Waals surface area contributed by atoms with Gasteiger partial charge in [-0.15, -0.1) is 0 Å². The minimum absolute atomic E-state index is 0.483. The molecule has 0 saturated heterocycles. The van der Waals surface area contributed by atoms with Crippen LogP contribution < -0.4 is 0 Å². The van der Waals surface area contributed by atoms with Crippen LogP contribution in [0, 0.1) is 0 Å². The summed E-state index contributed by atoms with van der Waals surface area (Å²) in [5.41, 5.74) is 0.818. The van der Waals surface area contributed by atoms with Crippen LogP contribution in [0.1, 0.15) is 24.3 Å². The molecule has 106 valence electrons. The van der Waals surface area contributed by atoms with Gasteiger partial charge in [-0.3, -0.25) is 4.79 Å². The molecule has 1 aromatic rings. The number of carbonyl (C=O) groups is 1. The first-order chi connectivity index (χ1) is 9.15. The Morgan fingerprint density at radius 2 is 2.16 bits per heavy atom. The second-order valence-corrected chi connectivity index (χ2v) is 5.11. The number of hydrogen-bond donors (Lipinski definition) is 1. The Morgan fingerprint density at radius 1 is 1.37 bits per heavy atom. The van der Waals surface area contributed by atoms with E-state index in [1.54, 1.807) is 7.11 Å². The largest absolute Gasteiger partial charge is 0.481 e. The molecule has 19 heavy (non-hydrogen) atoms. The lowest BCUT2D eigenvalue weighted by Crippen LogP contribution is -2.13. The van der Waals surface area contributed by atoms with Gasteiger partial charge in [0, 0.05) is 18.2 Å². The van der Waals surface area contributed by atoms with Crippen LogP contribution in [0.3, 0.4) is 0 Å². The minimum Gasteiger partial charge on any atom is -0.481 e. The second-order valence-electron chi connectivity index (χ2n) is 4.19. The molecule has 1 rings (SSSR count). The summed E-state index contributed by atoms with van der Waals surface area (Å²) in [5.74, 6) is -1.28. The van der Waals surface area contributed by atoms with Crippen molar-refractivity contribution in [3.8, 4) is 0 Å². The maximum Gasteiger partial charge on any atom is 0.310 e. The van der Waals surface area contributed by atoms with E-state index in [9.17, 15) is 9.90 Å². The highest BCUT2D eigenvalue weighted by Crippen LogP contribution is 2.24. The van der Waals surface area contributed by atoms with Gasteiger partial charge in [-0.05, 0) is 30.5 Å². The fourth-order valence-electron chi connectivity index (χ4n) is 1.79. The van der Waals surface area contributed by atoms with Crippen molar-refractivity contribution in [2.45, 2.75) is 18.8 Å². The van der Waals surface area contributed by atoms with Crippen LogP contribution in [-0.2, 0) is 14.3 Å². The van der Waals surface area contributed by atoms with Gasteiger partial charge in [0.15, 0.2) is 0 Å². The van der Waals surface area contributed by atoms with Gasteiger partial charge in [-0.1, -0.05) is 28.1 Å². The predicted molar refractivity (Wildman–Crippen MR) is 76.4 cm³/mol. The fraction of sp³-hybridized carbons (Fsp3) is 0.500. The highest BCUT2D eigenvalue weighted by molar-refractivity contribution is 9.10. The molecule has 1 unspecified atom stereocenters. The van der Waals surface area contributed by atoms with Gasteiger partial charge < -0.3 is 14.6 Å². The van der Waals surface area contributed by atoms with Gasteiger partial charge in [-0.25, -0.2) is 0 Å². The zero-order valence-electron chi connectivity index (χ0n) is 11.0. The Balaban J connectivity index is 2.44. The third-order valence-corrected chi connectivity index (χ3v) is 3.26. The van der Waals surface area contributed by atoms with Gasteiger partial charge in [0.05, 0.1) is 19.1 Å². The standard InChI is InChI=1S/C14H19BrO4/c1-18-8-9-19-7-3-6-13(14(16)17)11-4-2-5-12(15)10-11/h2,4-5,10,13H,3,6-9H2,1H3,(H,16,17). The molecule has 4 nitrogen and oxygen atoms in total. The zero-order chi connectivity index (χ0) is 14.1. The van der Waals surface area contributed by atoms with E-state index in [0.717, 1.165) is 10.0 Å². The summed E-state index contributed by atoms with van der Waals surface area (Å²) in [7, 11) is 1.62. The normalized spacial score (nSPS) is 12.3. The molecule has 0 heterocycles. The highest BCUT2D eigenvalue weighted by atomic mass is 79.9. The molecular formula is C14H19BrO4. The average Bonchev–Trinajstić information content (AvgIpc) is 2.37. The Labute approximate surface area is 121 Å². The first-order valence-electron chi connectivity index (χ1n) is 6.20. The Kier molecular flexibility index (Phi) is 7.70. The Morgan fingerprint density at radius 3 is 2.79 bits per heavy atom. The number of hydrogen-bond acceptors (Lipinski definition) is 3. The van der Waals surface area contributed by atoms with Crippen LogP contribution in [-0.4, -0.2) is 38.0 Å². The van der Waals surface area contributed by atoms with Crippen molar-refractivity contribution in [1.82, 2.24) is 0 Å². The number of methoxy groups -OCH3 is 1. The molecule has 0 spiro atoms. The number of halogens is 1. The number of aliphatic carboxylic acids is 1. The predicted octanol–water partition coefficient (Wildman–Crippen LogP) is 3.06. The Bertz CT molecular complexity index is 395. The van der Waals surface area contributed by atoms with Crippen molar-refractivity contribution in [2.24, 2.45) is 0 Å². The topological polar surface area (TPSA) is 55.8 Å². The van der Waals surface area contributed by atoms with Gasteiger partial charge in [-0.2, -0.15) is 0 Å². The molecule has 1 atom stereocenters. The second kappa shape index (κ2) is 9.07. The molecule has 0 radical (unpaired) electrons. The van der Waals surface area contributed by atoms with Crippen molar-refractivity contribution in [1.29, 1.82) is 0 Å². The van der Waals surface area contributed by atoms with E-state index in [-0.39, 0.29) is 0 Å². The van der Waals surface area contributed by atoms with Gasteiger partial charge in [0.1, 0.15) is 0 Å². The quantitative estimate of drug-likeness (QED) is 0.707. The molecule has 0 aliphatic rings. The molecule has 0 aliphatic carbocycles. The maximum atomic E-state index is 11.3. The highest BCUT2D eigenvalue weighted by Gasteiger charge is 2.19. The number of ether oxygens (including phenoxy) is 2. The minimum atomic E-state index is -0.796. The van der Waals surface area contributed by atoms with Crippen molar-refractivity contribution in [2.75, 3.05) is 26.9 Å². The first-order valence-corrected chi connectivity index (χ1v) is 6.99. The van der Waals surface area contributed by atoms with Crippen LogP contribution in [0.25, 0.3) is 0 Å². The maximum absolute atomic E-state index is 11.3. The van der Waals surface area contributed by atoms with E-state index < -0.39 is 11.9 Å². The summed E-state index contributed by atoms with van der Waals surface area (Å²) in [4.78, 5) is 11.3. The lowest BCUT2D eigenvalue weighted by Gasteiger charge is -2.13. The van der Waals surface area contributed by atoms with E-state index in [4.69, 9.17) is 9.47 Å². The summed E-state index contributed by atoms with van der Waals surface area (Å²) < 4.78 is 11.1. The number of rotatable bonds is 9. The summed E-state index contributed by atoms with van der Waals surface area (Å²) in [6.07, 6.45) is 1.28.